The number of methoxy groups -OCH3 is 4. The average Bonchev–Trinajstić information content (AvgIpc) is 2.79. The predicted octanol–water partition coefficient (Wildman–Crippen LogP) is 0.168. The van der Waals surface area contributed by atoms with E-state index in [0.29, 0.717) is 30.4 Å². The Morgan fingerprint density at radius 1 is 1.00 bits per heavy atom. The smallest absolute Gasteiger partial charge is 0.239 e. The minimum Gasteiger partial charge on any atom is -0.493 e. The van der Waals surface area contributed by atoms with Crippen LogP contribution in [0, 0.1) is 0 Å². The summed E-state index contributed by atoms with van der Waals surface area (Å²) in [7, 11) is 8.18. The quantitative estimate of drug-likeness (QED) is 0.304. The average molecular weight is 438 g/mol. The Hall–Kier alpha value is -2.72. The standard InChI is InChI=1S/C21H35N5O5/c1-22-21(24-14-19(27)23-6-11-28-2)26-9-7-25(8-10-26)15-16-12-17(29-3)20(31-5)18(13-16)30-4/h12-13H,6-11,14-15H2,1-5H3,(H,22,24)(H,23,27). The van der Waals surface area contributed by atoms with Gasteiger partial charge in [0.2, 0.25) is 11.7 Å². The van der Waals surface area contributed by atoms with E-state index in [4.69, 9.17) is 18.9 Å². The molecule has 0 saturated carbocycles. The third-order valence-corrected chi connectivity index (χ3v) is 5.05. The van der Waals surface area contributed by atoms with E-state index in [0.717, 1.165) is 44.2 Å². The van der Waals surface area contributed by atoms with Crippen molar-refractivity contribution in [3.05, 3.63) is 17.7 Å². The number of amides is 1. The fourth-order valence-electron chi connectivity index (χ4n) is 3.45. The number of ether oxygens (including phenoxy) is 4. The van der Waals surface area contributed by atoms with Gasteiger partial charge < -0.3 is 34.5 Å². The summed E-state index contributed by atoms with van der Waals surface area (Å²) in [5, 5.41) is 5.92. The molecular weight excluding hydrogens is 402 g/mol. The van der Waals surface area contributed by atoms with Gasteiger partial charge in [0.15, 0.2) is 17.5 Å². The van der Waals surface area contributed by atoms with E-state index in [1.807, 2.05) is 12.1 Å². The number of carbonyl (C=O) groups excluding carboxylic acids is 1. The van der Waals surface area contributed by atoms with Crippen molar-refractivity contribution in [3.8, 4) is 17.2 Å². The fraction of sp³-hybridized carbons (Fsp3) is 0.619. The molecule has 10 nitrogen and oxygen atoms in total. The molecule has 2 N–H and O–H groups in total. The number of nitrogens with zero attached hydrogens (tertiary/aromatic N) is 3. The van der Waals surface area contributed by atoms with Gasteiger partial charge in [-0.2, -0.15) is 0 Å². The predicted molar refractivity (Wildman–Crippen MR) is 119 cm³/mol. The van der Waals surface area contributed by atoms with Gasteiger partial charge in [0.1, 0.15) is 0 Å². The third kappa shape index (κ3) is 7.18. The van der Waals surface area contributed by atoms with Crippen molar-refractivity contribution in [2.24, 2.45) is 4.99 Å². The highest BCUT2D eigenvalue weighted by molar-refractivity contribution is 5.86. The molecule has 1 aliphatic rings. The highest BCUT2D eigenvalue weighted by Gasteiger charge is 2.21. The van der Waals surface area contributed by atoms with Crippen molar-refractivity contribution >= 4 is 11.9 Å². The molecular formula is C21H35N5O5. The molecule has 1 aliphatic heterocycles. The summed E-state index contributed by atoms with van der Waals surface area (Å²) in [5.41, 5.74) is 1.10. The zero-order valence-corrected chi connectivity index (χ0v) is 19.2. The molecule has 0 radical (unpaired) electrons. The van der Waals surface area contributed by atoms with Gasteiger partial charge in [0.05, 0.1) is 34.5 Å². The van der Waals surface area contributed by atoms with Gasteiger partial charge in [-0.15, -0.1) is 0 Å². The van der Waals surface area contributed by atoms with Gasteiger partial charge in [-0.1, -0.05) is 0 Å². The summed E-state index contributed by atoms with van der Waals surface area (Å²) in [4.78, 5) is 20.7. The van der Waals surface area contributed by atoms with Gasteiger partial charge in [0.25, 0.3) is 0 Å². The van der Waals surface area contributed by atoms with Crippen LogP contribution in [0.3, 0.4) is 0 Å². The molecule has 0 bridgehead atoms. The van der Waals surface area contributed by atoms with Crippen LogP contribution in [0.5, 0.6) is 17.2 Å². The minimum atomic E-state index is -0.0840. The second-order valence-corrected chi connectivity index (χ2v) is 7.04. The van der Waals surface area contributed by atoms with Crippen LogP contribution in [0.4, 0.5) is 0 Å². The molecule has 1 heterocycles. The van der Waals surface area contributed by atoms with E-state index in [1.54, 1.807) is 35.5 Å². The minimum absolute atomic E-state index is 0.0840. The first-order chi connectivity index (χ1) is 15.1. The first-order valence-corrected chi connectivity index (χ1v) is 10.3. The fourth-order valence-corrected chi connectivity index (χ4v) is 3.45. The number of benzene rings is 1. The Balaban J connectivity index is 1.87. The lowest BCUT2D eigenvalue weighted by molar-refractivity contribution is -0.120. The maximum Gasteiger partial charge on any atom is 0.239 e. The Morgan fingerprint density at radius 2 is 1.65 bits per heavy atom. The van der Waals surface area contributed by atoms with E-state index in [-0.39, 0.29) is 12.5 Å². The molecule has 0 aliphatic carbocycles. The molecule has 2 rings (SSSR count). The van der Waals surface area contributed by atoms with Crippen LogP contribution in [-0.4, -0.2) is 103 Å². The summed E-state index contributed by atoms with van der Waals surface area (Å²) in [5.74, 6) is 2.56. The number of carbonyl (C=O) groups is 1. The number of guanidine groups is 1. The highest BCUT2D eigenvalue weighted by atomic mass is 16.5. The van der Waals surface area contributed by atoms with Crippen LogP contribution in [0.2, 0.25) is 0 Å². The highest BCUT2D eigenvalue weighted by Crippen LogP contribution is 2.38. The van der Waals surface area contributed by atoms with E-state index in [1.165, 1.54) is 0 Å². The molecule has 0 spiro atoms. The summed E-state index contributed by atoms with van der Waals surface area (Å²) in [6, 6.07) is 3.97. The van der Waals surface area contributed by atoms with Crippen molar-refractivity contribution in [2.45, 2.75) is 6.54 Å². The van der Waals surface area contributed by atoms with Gasteiger partial charge in [-0.05, 0) is 17.7 Å². The normalized spacial score (nSPS) is 14.9. The van der Waals surface area contributed by atoms with Crippen LogP contribution >= 0.6 is 0 Å². The molecule has 31 heavy (non-hydrogen) atoms. The van der Waals surface area contributed by atoms with Gasteiger partial charge >= 0.3 is 0 Å². The SMILES string of the molecule is CN=C(NCC(=O)NCCOC)N1CCN(Cc2cc(OC)c(OC)c(OC)c2)CC1. The Bertz CT molecular complexity index is 710. The lowest BCUT2D eigenvalue weighted by Crippen LogP contribution is -2.53. The van der Waals surface area contributed by atoms with Crippen molar-refractivity contribution < 1.29 is 23.7 Å². The van der Waals surface area contributed by atoms with E-state index < -0.39 is 0 Å². The van der Waals surface area contributed by atoms with Crippen LogP contribution in [0.25, 0.3) is 0 Å². The monoisotopic (exact) mass is 437 g/mol. The molecule has 1 saturated heterocycles. The largest absolute Gasteiger partial charge is 0.493 e. The van der Waals surface area contributed by atoms with Crippen molar-refractivity contribution in [1.29, 1.82) is 0 Å². The topological polar surface area (TPSA) is 96.9 Å². The lowest BCUT2D eigenvalue weighted by atomic mass is 10.1. The lowest BCUT2D eigenvalue weighted by Gasteiger charge is -2.36. The zero-order valence-electron chi connectivity index (χ0n) is 19.2. The summed E-state index contributed by atoms with van der Waals surface area (Å²) in [6.07, 6.45) is 0. The van der Waals surface area contributed by atoms with Gasteiger partial charge in [0, 0.05) is 53.4 Å². The van der Waals surface area contributed by atoms with Crippen LogP contribution in [0.1, 0.15) is 5.56 Å². The molecule has 1 amide bonds. The third-order valence-electron chi connectivity index (χ3n) is 5.05. The van der Waals surface area contributed by atoms with Gasteiger partial charge in [-0.25, -0.2) is 0 Å². The second-order valence-electron chi connectivity index (χ2n) is 7.04. The van der Waals surface area contributed by atoms with Crippen LogP contribution in [-0.2, 0) is 16.1 Å². The summed E-state index contributed by atoms with van der Waals surface area (Å²) < 4.78 is 21.2. The Kier molecular flexibility index (Phi) is 10.2. The number of nitrogens with one attached hydrogen (secondary N) is 2. The number of piperazine rings is 1. The molecule has 10 heteroatoms. The summed E-state index contributed by atoms with van der Waals surface area (Å²) >= 11 is 0. The van der Waals surface area contributed by atoms with Gasteiger partial charge in [-0.3, -0.25) is 14.7 Å². The van der Waals surface area contributed by atoms with E-state index in [9.17, 15) is 4.79 Å². The molecule has 1 aromatic rings. The number of hydrogen-bond donors (Lipinski definition) is 2. The number of rotatable bonds is 10. The Morgan fingerprint density at radius 3 is 2.16 bits per heavy atom. The van der Waals surface area contributed by atoms with Crippen LogP contribution in [0.15, 0.2) is 17.1 Å². The maximum atomic E-state index is 11.9. The Labute approximate surface area is 184 Å². The van der Waals surface area contributed by atoms with Crippen molar-refractivity contribution in [1.82, 2.24) is 20.4 Å². The van der Waals surface area contributed by atoms with E-state index in [2.05, 4.69) is 25.4 Å². The first-order valence-electron chi connectivity index (χ1n) is 10.3. The molecule has 0 atom stereocenters. The molecule has 174 valence electrons. The number of aliphatic imine (C=N–C) groups is 1. The van der Waals surface area contributed by atoms with Crippen LogP contribution < -0.4 is 24.8 Å². The first kappa shape index (κ1) is 24.5. The molecule has 1 aromatic carbocycles. The number of hydrogen-bond acceptors (Lipinski definition) is 7. The maximum absolute atomic E-state index is 11.9. The zero-order chi connectivity index (χ0) is 22.6. The molecule has 0 aromatic heterocycles. The molecule has 1 fully saturated rings. The van der Waals surface area contributed by atoms with Crippen molar-refractivity contribution in [2.75, 3.05) is 81.4 Å². The van der Waals surface area contributed by atoms with E-state index >= 15 is 0 Å². The molecule has 0 unspecified atom stereocenters. The second kappa shape index (κ2) is 12.9. The summed E-state index contributed by atoms with van der Waals surface area (Å²) in [6.45, 7) is 5.32. The van der Waals surface area contributed by atoms with Crippen molar-refractivity contribution in [3.63, 3.8) is 0 Å².